The summed E-state index contributed by atoms with van der Waals surface area (Å²) in [5.41, 5.74) is 0.466. The molecular weight excluding hydrogens is 202 g/mol. The molecular formula is C13H23NO2. The molecule has 0 amide bonds. The Hall–Kier alpha value is -0.570. The van der Waals surface area contributed by atoms with Crippen LogP contribution in [0.5, 0.6) is 0 Å². The van der Waals surface area contributed by atoms with Gasteiger partial charge < -0.3 is 5.11 Å². The van der Waals surface area contributed by atoms with Gasteiger partial charge in [-0.3, -0.25) is 9.69 Å². The molecule has 0 spiro atoms. The monoisotopic (exact) mass is 225 g/mol. The van der Waals surface area contributed by atoms with Crippen molar-refractivity contribution in [3.05, 3.63) is 0 Å². The normalized spacial score (nSPS) is 31.0. The lowest BCUT2D eigenvalue weighted by Crippen LogP contribution is -2.49. The smallest absolute Gasteiger partial charge is 0.304 e. The molecule has 1 saturated heterocycles. The number of hydrogen-bond acceptors (Lipinski definition) is 2. The average molecular weight is 225 g/mol. The van der Waals surface area contributed by atoms with Crippen molar-refractivity contribution in [1.82, 2.24) is 4.90 Å². The van der Waals surface area contributed by atoms with Gasteiger partial charge >= 0.3 is 5.97 Å². The summed E-state index contributed by atoms with van der Waals surface area (Å²) in [4.78, 5) is 13.3. The Labute approximate surface area is 97.8 Å². The number of hydrogen-bond donors (Lipinski definition) is 1. The van der Waals surface area contributed by atoms with E-state index in [0.717, 1.165) is 13.0 Å². The first kappa shape index (κ1) is 11.9. The van der Waals surface area contributed by atoms with Crippen LogP contribution in [0.4, 0.5) is 0 Å². The average Bonchev–Trinajstić information content (AvgIpc) is 2.97. The molecule has 16 heavy (non-hydrogen) atoms. The summed E-state index contributed by atoms with van der Waals surface area (Å²) in [6.45, 7) is 5.71. The molecule has 1 N–H and O–H groups in total. The van der Waals surface area contributed by atoms with Crippen molar-refractivity contribution in [3.8, 4) is 0 Å². The lowest BCUT2D eigenvalue weighted by Gasteiger charge is -2.42. The zero-order chi connectivity index (χ0) is 11.8. The first-order chi connectivity index (χ1) is 7.53. The maximum Gasteiger partial charge on any atom is 0.304 e. The van der Waals surface area contributed by atoms with E-state index in [1.807, 2.05) is 0 Å². The Morgan fingerprint density at radius 1 is 1.50 bits per heavy atom. The van der Waals surface area contributed by atoms with Crippen LogP contribution < -0.4 is 0 Å². The molecule has 2 aliphatic rings. The van der Waals surface area contributed by atoms with Gasteiger partial charge in [-0.2, -0.15) is 0 Å². The molecule has 0 aromatic carbocycles. The molecule has 1 heterocycles. The quantitative estimate of drug-likeness (QED) is 0.799. The minimum Gasteiger partial charge on any atom is -0.481 e. The van der Waals surface area contributed by atoms with Gasteiger partial charge in [0.2, 0.25) is 0 Å². The van der Waals surface area contributed by atoms with E-state index in [9.17, 15) is 4.79 Å². The van der Waals surface area contributed by atoms with E-state index in [4.69, 9.17) is 5.11 Å². The first-order valence-electron chi connectivity index (χ1n) is 6.50. The standard InChI is InChI=1S/C13H23NO2/c1-10(13(2)6-7-13)14-8-4-3-5-11(14)9-12(15)16/h10-11H,3-9H2,1-2H3,(H,15,16). The summed E-state index contributed by atoms with van der Waals surface area (Å²) in [6.07, 6.45) is 6.43. The predicted octanol–water partition coefficient (Wildman–Crippen LogP) is 2.50. The van der Waals surface area contributed by atoms with Gasteiger partial charge in [0.25, 0.3) is 0 Å². The van der Waals surface area contributed by atoms with Crippen molar-refractivity contribution in [2.75, 3.05) is 6.54 Å². The maximum atomic E-state index is 10.9. The van der Waals surface area contributed by atoms with Crippen LogP contribution in [0, 0.1) is 5.41 Å². The van der Waals surface area contributed by atoms with E-state index in [2.05, 4.69) is 18.7 Å². The van der Waals surface area contributed by atoms with Gasteiger partial charge in [-0.05, 0) is 44.6 Å². The molecule has 3 heteroatoms. The van der Waals surface area contributed by atoms with Crippen molar-refractivity contribution < 1.29 is 9.90 Å². The zero-order valence-corrected chi connectivity index (χ0v) is 10.4. The largest absolute Gasteiger partial charge is 0.481 e. The highest BCUT2D eigenvalue weighted by Gasteiger charge is 2.46. The Bertz CT molecular complexity index is 273. The summed E-state index contributed by atoms with van der Waals surface area (Å²) in [5, 5.41) is 8.96. The van der Waals surface area contributed by atoms with E-state index >= 15 is 0 Å². The van der Waals surface area contributed by atoms with E-state index in [1.165, 1.54) is 25.7 Å². The number of likely N-dealkylation sites (tertiary alicyclic amines) is 1. The van der Waals surface area contributed by atoms with Crippen molar-refractivity contribution in [1.29, 1.82) is 0 Å². The molecule has 2 rings (SSSR count). The minimum atomic E-state index is -0.648. The molecule has 2 fully saturated rings. The molecule has 0 aromatic heterocycles. The fraction of sp³-hybridized carbons (Fsp3) is 0.923. The second-order valence-electron chi connectivity index (χ2n) is 5.82. The van der Waals surface area contributed by atoms with Crippen molar-refractivity contribution in [2.24, 2.45) is 5.41 Å². The third-order valence-corrected chi connectivity index (χ3v) is 4.63. The number of carboxylic acids is 1. The third kappa shape index (κ3) is 2.40. The fourth-order valence-corrected chi connectivity index (χ4v) is 2.97. The fourth-order valence-electron chi connectivity index (χ4n) is 2.97. The SMILES string of the molecule is CC(N1CCCCC1CC(=O)O)C1(C)CC1. The van der Waals surface area contributed by atoms with Crippen molar-refractivity contribution >= 4 is 5.97 Å². The van der Waals surface area contributed by atoms with Crippen LogP contribution in [-0.4, -0.2) is 34.6 Å². The van der Waals surface area contributed by atoms with Gasteiger partial charge in [0.05, 0.1) is 6.42 Å². The van der Waals surface area contributed by atoms with E-state index in [0.29, 0.717) is 17.9 Å². The lowest BCUT2D eigenvalue weighted by molar-refractivity contribution is -0.139. The van der Waals surface area contributed by atoms with E-state index < -0.39 is 5.97 Å². The molecule has 0 radical (unpaired) electrons. The number of rotatable bonds is 4. The van der Waals surface area contributed by atoms with Crippen LogP contribution >= 0.6 is 0 Å². The lowest BCUT2D eigenvalue weighted by atomic mass is 9.91. The second-order valence-corrected chi connectivity index (χ2v) is 5.82. The highest BCUT2D eigenvalue weighted by Crippen LogP contribution is 2.50. The molecule has 2 atom stereocenters. The van der Waals surface area contributed by atoms with Crippen molar-refractivity contribution in [2.45, 2.75) is 64.5 Å². The van der Waals surface area contributed by atoms with Crippen LogP contribution in [0.25, 0.3) is 0 Å². The minimum absolute atomic E-state index is 0.277. The van der Waals surface area contributed by atoms with Crippen LogP contribution in [-0.2, 0) is 4.79 Å². The van der Waals surface area contributed by atoms with Gasteiger partial charge in [0.15, 0.2) is 0 Å². The molecule has 92 valence electrons. The molecule has 1 saturated carbocycles. The summed E-state index contributed by atoms with van der Waals surface area (Å²) in [7, 11) is 0. The molecule has 3 nitrogen and oxygen atoms in total. The zero-order valence-electron chi connectivity index (χ0n) is 10.4. The van der Waals surface area contributed by atoms with Gasteiger partial charge in [-0.1, -0.05) is 13.3 Å². The van der Waals surface area contributed by atoms with Crippen LogP contribution in [0.2, 0.25) is 0 Å². The summed E-state index contributed by atoms with van der Waals surface area (Å²) >= 11 is 0. The Morgan fingerprint density at radius 3 is 2.75 bits per heavy atom. The first-order valence-corrected chi connectivity index (χ1v) is 6.50. The number of nitrogens with zero attached hydrogens (tertiary/aromatic N) is 1. The number of piperidine rings is 1. The Balaban J connectivity index is 2.00. The van der Waals surface area contributed by atoms with Gasteiger partial charge in [0, 0.05) is 12.1 Å². The Morgan fingerprint density at radius 2 is 2.19 bits per heavy atom. The number of carboxylic acid groups (broad SMARTS) is 1. The molecule has 1 aliphatic carbocycles. The van der Waals surface area contributed by atoms with Crippen LogP contribution in [0.1, 0.15) is 52.4 Å². The number of carbonyl (C=O) groups is 1. The molecule has 2 unspecified atom stereocenters. The summed E-state index contributed by atoms with van der Waals surface area (Å²) < 4.78 is 0. The molecule has 0 aromatic rings. The molecule has 1 aliphatic heterocycles. The van der Waals surface area contributed by atoms with Gasteiger partial charge in [0.1, 0.15) is 0 Å². The highest BCUT2D eigenvalue weighted by atomic mass is 16.4. The maximum absolute atomic E-state index is 10.9. The van der Waals surface area contributed by atoms with Gasteiger partial charge in [-0.15, -0.1) is 0 Å². The van der Waals surface area contributed by atoms with Crippen molar-refractivity contribution in [3.63, 3.8) is 0 Å². The Kier molecular flexibility index (Phi) is 3.24. The molecule has 0 bridgehead atoms. The highest BCUT2D eigenvalue weighted by molar-refractivity contribution is 5.67. The van der Waals surface area contributed by atoms with E-state index in [-0.39, 0.29) is 6.04 Å². The third-order valence-electron chi connectivity index (χ3n) is 4.63. The number of aliphatic carboxylic acids is 1. The predicted molar refractivity (Wildman–Crippen MR) is 63.4 cm³/mol. The van der Waals surface area contributed by atoms with Gasteiger partial charge in [-0.25, -0.2) is 0 Å². The topological polar surface area (TPSA) is 40.5 Å². The summed E-state index contributed by atoms with van der Waals surface area (Å²) in [5.74, 6) is -0.648. The second kappa shape index (κ2) is 4.36. The van der Waals surface area contributed by atoms with Crippen LogP contribution in [0.3, 0.4) is 0 Å². The van der Waals surface area contributed by atoms with E-state index in [1.54, 1.807) is 0 Å². The van der Waals surface area contributed by atoms with Crippen LogP contribution in [0.15, 0.2) is 0 Å². The summed E-state index contributed by atoms with van der Waals surface area (Å²) in [6, 6.07) is 0.829.